The van der Waals surface area contributed by atoms with Crippen LogP contribution in [0.5, 0.6) is 5.75 Å². The number of anilines is 1. The van der Waals surface area contributed by atoms with Gasteiger partial charge < -0.3 is 10.1 Å². The summed E-state index contributed by atoms with van der Waals surface area (Å²) in [5.41, 5.74) is -0.0981. The SMILES string of the molecule is COc1c([C@@H]2C[C@](C)(C(F)(F)F)S[C@H]2C(=O)Nc2cccc(S(N)(=O)=O)c2)ccc(F)c1F. The third kappa shape index (κ3) is 4.94. The molecule has 1 amide bonds. The van der Waals surface area contributed by atoms with Gasteiger partial charge in [0.1, 0.15) is 4.75 Å². The Morgan fingerprint density at radius 3 is 2.48 bits per heavy atom. The molecule has 0 bridgehead atoms. The van der Waals surface area contributed by atoms with E-state index >= 15 is 0 Å². The molecule has 0 spiro atoms. The van der Waals surface area contributed by atoms with Crippen molar-refractivity contribution in [3.05, 3.63) is 53.6 Å². The van der Waals surface area contributed by atoms with Crippen LogP contribution in [0.2, 0.25) is 0 Å². The monoisotopic (exact) mass is 510 g/mol. The fourth-order valence-corrected chi connectivity index (χ4v) is 5.74. The predicted octanol–water partition coefficient (Wildman–Crippen LogP) is 4.17. The van der Waals surface area contributed by atoms with Gasteiger partial charge >= 0.3 is 6.18 Å². The van der Waals surface area contributed by atoms with E-state index in [0.717, 1.165) is 32.2 Å². The Morgan fingerprint density at radius 1 is 1.24 bits per heavy atom. The largest absolute Gasteiger partial charge is 0.493 e. The summed E-state index contributed by atoms with van der Waals surface area (Å²) in [7, 11) is -3.05. The smallest absolute Gasteiger partial charge is 0.403 e. The summed E-state index contributed by atoms with van der Waals surface area (Å²) in [4.78, 5) is 12.7. The lowest BCUT2D eigenvalue weighted by molar-refractivity contribution is -0.155. The Balaban J connectivity index is 2.02. The Morgan fingerprint density at radius 2 is 1.91 bits per heavy atom. The van der Waals surface area contributed by atoms with Crippen LogP contribution in [-0.4, -0.2) is 37.6 Å². The minimum Gasteiger partial charge on any atom is -0.493 e. The number of nitrogens with one attached hydrogen (secondary N) is 1. The number of hydrogen-bond acceptors (Lipinski definition) is 5. The fraction of sp³-hybridized carbons (Fsp3) is 0.350. The van der Waals surface area contributed by atoms with Crippen LogP contribution < -0.4 is 15.2 Å². The van der Waals surface area contributed by atoms with Gasteiger partial charge in [0.2, 0.25) is 21.7 Å². The summed E-state index contributed by atoms with van der Waals surface area (Å²) >= 11 is 0.337. The number of amides is 1. The molecular weight excluding hydrogens is 491 g/mol. The van der Waals surface area contributed by atoms with E-state index in [-0.39, 0.29) is 16.1 Å². The molecule has 1 aliphatic heterocycles. The normalized spacial score (nSPS) is 23.4. The van der Waals surface area contributed by atoms with Crippen LogP contribution in [0.3, 0.4) is 0 Å². The second kappa shape index (κ2) is 8.76. The average Bonchev–Trinajstić information content (AvgIpc) is 3.08. The van der Waals surface area contributed by atoms with Crippen molar-refractivity contribution in [2.24, 2.45) is 5.14 Å². The molecule has 33 heavy (non-hydrogen) atoms. The number of methoxy groups -OCH3 is 1. The van der Waals surface area contributed by atoms with Gasteiger partial charge in [0.15, 0.2) is 11.6 Å². The van der Waals surface area contributed by atoms with Crippen LogP contribution in [0.4, 0.5) is 27.6 Å². The molecule has 0 radical (unpaired) electrons. The molecule has 1 aliphatic rings. The number of carbonyl (C=O) groups is 1. The highest BCUT2D eigenvalue weighted by Gasteiger charge is 2.60. The summed E-state index contributed by atoms with van der Waals surface area (Å²) in [6, 6.07) is 6.72. The number of halogens is 5. The Kier molecular flexibility index (Phi) is 6.70. The number of rotatable bonds is 5. The van der Waals surface area contributed by atoms with Crippen LogP contribution in [0, 0.1) is 11.6 Å². The highest BCUT2D eigenvalue weighted by molar-refractivity contribution is 8.02. The van der Waals surface area contributed by atoms with Gasteiger partial charge in [0, 0.05) is 17.2 Å². The quantitative estimate of drug-likeness (QED) is 0.589. The molecule has 0 aromatic heterocycles. The second-order valence-corrected chi connectivity index (χ2v) is 10.8. The number of hydrogen-bond donors (Lipinski definition) is 2. The maximum Gasteiger partial charge on any atom is 0.403 e. The highest BCUT2D eigenvalue weighted by atomic mass is 32.2. The van der Waals surface area contributed by atoms with E-state index in [0.29, 0.717) is 11.8 Å². The molecule has 1 saturated heterocycles. The van der Waals surface area contributed by atoms with Gasteiger partial charge in [0.05, 0.1) is 17.3 Å². The van der Waals surface area contributed by atoms with E-state index in [2.05, 4.69) is 5.32 Å². The zero-order valence-electron chi connectivity index (χ0n) is 17.2. The minimum atomic E-state index is -4.70. The van der Waals surface area contributed by atoms with E-state index in [1.165, 1.54) is 18.2 Å². The molecule has 1 heterocycles. The zero-order valence-corrected chi connectivity index (χ0v) is 18.9. The van der Waals surface area contributed by atoms with Crippen molar-refractivity contribution in [3.8, 4) is 5.75 Å². The maximum absolute atomic E-state index is 14.3. The van der Waals surface area contributed by atoms with Crippen molar-refractivity contribution >= 4 is 33.4 Å². The topological polar surface area (TPSA) is 98.5 Å². The summed E-state index contributed by atoms with van der Waals surface area (Å²) in [5.74, 6) is -5.27. The molecule has 2 aromatic rings. The van der Waals surface area contributed by atoms with Crippen molar-refractivity contribution in [3.63, 3.8) is 0 Å². The summed E-state index contributed by atoms with van der Waals surface area (Å²) in [5, 5.41) is 6.08. The summed E-state index contributed by atoms with van der Waals surface area (Å²) in [6.45, 7) is 0.923. The first-order valence-corrected chi connectivity index (χ1v) is 11.8. The van der Waals surface area contributed by atoms with Gasteiger partial charge in [0.25, 0.3) is 0 Å². The molecule has 0 aliphatic carbocycles. The molecule has 3 N–H and O–H groups in total. The number of alkyl halides is 3. The number of thioether (sulfide) groups is 1. The first-order chi connectivity index (χ1) is 15.2. The molecule has 0 saturated carbocycles. The fourth-order valence-electron chi connectivity index (χ4n) is 3.64. The summed E-state index contributed by atoms with van der Waals surface area (Å²) < 4.78 is 95.0. The summed E-state index contributed by atoms with van der Waals surface area (Å²) in [6.07, 6.45) is -5.30. The Labute approximate surface area is 190 Å². The molecule has 1 fully saturated rings. The van der Waals surface area contributed by atoms with E-state index < -0.39 is 61.8 Å². The van der Waals surface area contributed by atoms with Gasteiger partial charge in [-0.15, -0.1) is 11.8 Å². The van der Waals surface area contributed by atoms with Gasteiger partial charge in [-0.05, 0) is 37.6 Å². The number of nitrogens with two attached hydrogens (primary N) is 1. The Hall–Kier alpha value is -2.38. The van der Waals surface area contributed by atoms with Gasteiger partial charge in [-0.1, -0.05) is 12.1 Å². The highest BCUT2D eigenvalue weighted by Crippen LogP contribution is 2.59. The van der Waals surface area contributed by atoms with E-state index in [1.807, 2.05) is 0 Å². The first-order valence-electron chi connectivity index (χ1n) is 9.38. The number of primary sulfonamides is 1. The molecular formula is C20H19F5N2O4S2. The van der Waals surface area contributed by atoms with Gasteiger partial charge in [-0.25, -0.2) is 17.9 Å². The average molecular weight is 511 g/mol. The number of benzene rings is 2. The van der Waals surface area contributed by atoms with Crippen molar-refractivity contribution in [1.29, 1.82) is 0 Å². The number of sulfonamides is 1. The second-order valence-electron chi connectivity index (χ2n) is 7.62. The van der Waals surface area contributed by atoms with E-state index in [1.54, 1.807) is 0 Å². The maximum atomic E-state index is 14.3. The van der Waals surface area contributed by atoms with Gasteiger partial charge in [-0.2, -0.15) is 17.6 Å². The molecule has 3 rings (SSSR count). The molecule has 3 atom stereocenters. The van der Waals surface area contributed by atoms with Crippen LogP contribution in [0.15, 0.2) is 41.3 Å². The Bertz CT molecular complexity index is 1190. The zero-order chi connectivity index (χ0) is 24.8. The van der Waals surface area contributed by atoms with Crippen molar-refractivity contribution in [1.82, 2.24) is 0 Å². The predicted molar refractivity (Wildman–Crippen MR) is 113 cm³/mol. The lowest BCUT2D eigenvalue weighted by Gasteiger charge is -2.26. The lowest BCUT2D eigenvalue weighted by Crippen LogP contribution is -2.37. The van der Waals surface area contributed by atoms with Crippen LogP contribution in [-0.2, 0) is 14.8 Å². The third-order valence-electron chi connectivity index (χ3n) is 5.33. The standard InChI is InChI=1S/C20H19F5N2O4S2/c1-19(20(23,24)25)9-13(12-6-7-14(21)15(22)16(12)31-2)17(32-19)18(28)27-10-4-3-5-11(8-10)33(26,29)30/h3-8,13,17H,9H2,1-2H3,(H,27,28)(H2,26,29,30)/t13-,17+,19+/m0/s1. The van der Waals surface area contributed by atoms with Crippen LogP contribution >= 0.6 is 11.8 Å². The minimum absolute atomic E-state index is 0.0104. The molecule has 13 heteroatoms. The van der Waals surface area contributed by atoms with Crippen molar-refractivity contribution < 1.29 is 39.9 Å². The third-order valence-corrected chi connectivity index (χ3v) is 7.96. The van der Waals surface area contributed by atoms with E-state index in [9.17, 15) is 35.2 Å². The van der Waals surface area contributed by atoms with Crippen molar-refractivity contribution in [2.75, 3.05) is 12.4 Å². The molecule has 2 aromatic carbocycles. The first kappa shape index (κ1) is 25.2. The molecule has 6 nitrogen and oxygen atoms in total. The lowest BCUT2D eigenvalue weighted by atomic mass is 9.85. The number of ether oxygens (including phenoxy) is 1. The number of carbonyl (C=O) groups excluding carboxylic acids is 1. The molecule has 180 valence electrons. The van der Waals surface area contributed by atoms with Crippen LogP contribution in [0.1, 0.15) is 24.8 Å². The van der Waals surface area contributed by atoms with Crippen LogP contribution in [0.25, 0.3) is 0 Å². The molecule has 0 unspecified atom stereocenters. The van der Waals surface area contributed by atoms with E-state index in [4.69, 9.17) is 9.88 Å². The van der Waals surface area contributed by atoms with Gasteiger partial charge in [-0.3, -0.25) is 4.79 Å². The van der Waals surface area contributed by atoms with Crippen molar-refractivity contribution in [2.45, 2.75) is 40.3 Å².